The van der Waals surface area contributed by atoms with Crippen molar-refractivity contribution < 1.29 is 9.90 Å². The highest BCUT2D eigenvalue weighted by Crippen LogP contribution is 2.07. The van der Waals surface area contributed by atoms with Gasteiger partial charge in [0.25, 0.3) is 5.91 Å². The molecule has 0 aliphatic carbocycles. The molecule has 4 nitrogen and oxygen atoms in total. The number of nitrogens with zero attached hydrogens (tertiary/aromatic N) is 1. The Morgan fingerprint density at radius 1 is 1.73 bits per heavy atom. The molecule has 0 spiro atoms. The zero-order chi connectivity index (χ0) is 11.3. The monoisotopic (exact) mass is 228 g/mol. The van der Waals surface area contributed by atoms with E-state index in [1.54, 1.807) is 5.38 Å². The molecule has 84 valence electrons. The van der Waals surface area contributed by atoms with Crippen LogP contribution in [0.4, 0.5) is 0 Å². The van der Waals surface area contributed by atoms with Crippen molar-refractivity contribution in [2.45, 2.75) is 32.8 Å². The Balaban J connectivity index is 2.31. The van der Waals surface area contributed by atoms with Gasteiger partial charge in [-0.05, 0) is 19.8 Å². The van der Waals surface area contributed by atoms with Gasteiger partial charge in [0.15, 0.2) is 0 Å². The van der Waals surface area contributed by atoms with E-state index < -0.39 is 0 Å². The number of hydrogen-bond donors (Lipinski definition) is 2. The maximum atomic E-state index is 11.5. The van der Waals surface area contributed by atoms with Crippen LogP contribution in [0.25, 0.3) is 0 Å². The quantitative estimate of drug-likeness (QED) is 0.799. The highest BCUT2D eigenvalue weighted by molar-refractivity contribution is 7.09. The van der Waals surface area contributed by atoms with Gasteiger partial charge in [0.1, 0.15) is 5.69 Å². The van der Waals surface area contributed by atoms with Gasteiger partial charge in [0, 0.05) is 11.9 Å². The Kier molecular flexibility index (Phi) is 4.71. The van der Waals surface area contributed by atoms with Gasteiger partial charge in [-0.1, -0.05) is 6.92 Å². The molecule has 15 heavy (non-hydrogen) atoms. The van der Waals surface area contributed by atoms with E-state index >= 15 is 0 Å². The predicted molar refractivity (Wildman–Crippen MR) is 60.1 cm³/mol. The van der Waals surface area contributed by atoms with E-state index in [1.165, 1.54) is 11.3 Å². The van der Waals surface area contributed by atoms with Gasteiger partial charge in [-0.15, -0.1) is 11.3 Å². The standard InChI is InChI=1S/C10H16N2O2S/c1-3-8(13)4-5-11-10(14)9-6-15-7(2)12-9/h6,8,13H,3-5H2,1-2H3,(H,11,14). The summed E-state index contributed by atoms with van der Waals surface area (Å²) in [5.74, 6) is -0.164. The molecule has 1 aromatic rings. The van der Waals surface area contributed by atoms with Gasteiger partial charge in [-0.2, -0.15) is 0 Å². The average molecular weight is 228 g/mol. The first-order valence-electron chi connectivity index (χ1n) is 5.02. The number of aryl methyl sites for hydroxylation is 1. The fourth-order valence-electron chi connectivity index (χ4n) is 1.11. The van der Waals surface area contributed by atoms with Crippen LogP contribution in [0.5, 0.6) is 0 Å². The van der Waals surface area contributed by atoms with Gasteiger partial charge in [0.05, 0.1) is 11.1 Å². The summed E-state index contributed by atoms with van der Waals surface area (Å²) >= 11 is 1.46. The smallest absolute Gasteiger partial charge is 0.270 e. The second-order valence-corrected chi connectivity index (χ2v) is 4.42. The van der Waals surface area contributed by atoms with Crippen molar-refractivity contribution in [2.24, 2.45) is 0 Å². The van der Waals surface area contributed by atoms with Crippen molar-refractivity contribution >= 4 is 17.2 Å². The molecular weight excluding hydrogens is 212 g/mol. The third-order valence-corrected chi connectivity index (χ3v) is 2.86. The van der Waals surface area contributed by atoms with Crippen LogP contribution in [0.1, 0.15) is 35.3 Å². The Labute approximate surface area is 93.4 Å². The molecule has 1 amide bonds. The van der Waals surface area contributed by atoms with Gasteiger partial charge < -0.3 is 10.4 Å². The summed E-state index contributed by atoms with van der Waals surface area (Å²) in [5.41, 5.74) is 0.462. The molecule has 0 aromatic carbocycles. The van der Waals surface area contributed by atoms with Crippen LogP contribution < -0.4 is 5.32 Å². The molecule has 5 heteroatoms. The van der Waals surface area contributed by atoms with E-state index in [2.05, 4.69) is 10.3 Å². The normalized spacial score (nSPS) is 12.5. The van der Waals surface area contributed by atoms with Crippen molar-refractivity contribution in [1.29, 1.82) is 0 Å². The first-order chi connectivity index (χ1) is 7.13. The molecule has 0 saturated carbocycles. The number of aliphatic hydroxyl groups is 1. The van der Waals surface area contributed by atoms with E-state index in [0.717, 1.165) is 5.01 Å². The number of amides is 1. The van der Waals surface area contributed by atoms with Crippen molar-refractivity contribution in [1.82, 2.24) is 10.3 Å². The number of aromatic nitrogens is 1. The number of aliphatic hydroxyl groups excluding tert-OH is 1. The van der Waals surface area contributed by atoms with Crippen LogP contribution in [0.2, 0.25) is 0 Å². The highest BCUT2D eigenvalue weighted by Gasteiger charge is 2.09. The Morgan fingerprint density at radius 3 is 3.00 bits per heavy atom. The molecule has 0 aliphatic heterocycles. The maximum absolute atomic E-state index is 11.5. The van der Waals surface area contributed by atoms with Gasteiger partial charge in [-0.3, -0.25) is 4.79 Å². The minimum absolute atomic E-state index is 0.164. The molecule has 2 N–H and O–H groups in total. The lowest BCUT2D eigenvalue weighted by atomic mass is 10.2. The number of carbonyl (C=O) groups excluding carboxylic acids is 1. The molecule has 1 heterocycles. The van der Waals surface area contributed by atoms with Crippen LogP contribution in [0.15, 0.2) is 5.38 Å². The first kappa shape index (κ1) is 12.1. The SMILES string of the molecule is CCC(O)CCNC(=O)c1csc(C)n1. The van der Waals surface area contributed by atoms with E-state index in [9.17, 15) is 9.90 Å². The molecule has 0 fully saturated rings. The molecule has 1 unspecified atom stereocenters. The molecular formula is C10H16N2O2S. The minimum atomic E-state index is -0.331. The summed E-state index contributed by atoms with van der Waals surface area (Å²) < 4.78 is 0. The maximum Gasteiger partial charge on any atom is 0.270 e. The zero-order valence-corrected chi connectivity index (χ0v) is 9.80. The summed E-state index contributed by atoms with van der Waals surface area (Å²) in [4.78, 5) is 15.6. The number of carbonyl (C=O) groups is 1. The van der Waals surface area contributed by atoms with Crippen LogP contribution in [0.3, 0.4) is 0 Å². The lowest BCUT2D eigenvalue weighted by Crippen LogP contribution is -2.27. The topological polar surface area (TPSA) is 62.2 Å². The molecule has 1 atom stereocenters. The van der Waals surface area contributed by atoms with E-state index in [0.29, 0.717) is 25.1 Å². The molecule has 0 bridgehead atoms. The molecule has 0 aliphatic rings. The minimum Gasteiger partial charge on any atom is -0.393 e. The van der Waals surface area contributed by atoms with Crippen molar-refractivity contribution in [3.63, 3.8) is 0 Å². The van der Waals surface area contributed by atoms with E-state index in [4.69, 9.17) is 0 Å². The van der Waals surface area contributed by atoms with Crippen LogP contribution in [-0.2, 0) is 0 Å². The van der Waals surface area contributed by atoms with E-state index in [1.807, 2.05) is 13.8 Å². The van der Waals surface area contributed by atoms with Gasteiger partial charge in [-0.25, -0.2) is 4.98 Å². The predicted octanol–water partition coefficient (Wildman–Crippen LogP) is 1.34. The van der Waals surface area contributed by atoms with Crippen molar-refractivity contribution in [3.05, 3.63) is 16.1 Å². The third-order valence-electron chi connectivity index (χ3n) is 2.09. The highest BCUT2D eigenvalue weighted by atomic mass is 32.1. The van der Waals surface area contributed by atoms with Crippen LogP contribution in [0, 0.1) is 6.92 Å². The van der Waals surface area contributed by atoms with Crippen LogP contribution >= 0.6 is 11.3 Å². The van der Waals surface area contributed by atoms with Crippen molar-refractivity contribution in [2.75, 3.05) is 6.54 Å². The second-order valence-electron chi connectivity index (χ2n) is 3.36. The Hall–Kier alpha value is -0.940. The van der Waals surface area contributed by atoms with Crippen molar-refractivity contribution in [3.8, 4) is 0 Å². The lowest BCUT2D eigenvalue weighted by molar-refractivity contribution is 0.0937. The fourth-order valence-corrected chi connectivity index (χ4v) is 1.71. The van der Waals surface area contributed by atoms with E-state index in [-0.39, 0.29) is 12.0 Å². The molecule has 0 saturated heterocycles. The summed E-state index contributed by atoms with van der Waals surface area (Å²) in [6, 6.07) is 0. The fraction of sp³-hybridized carbons (Fsp3) is 0.600. The first-order valence-corrected chi connectivity index (χ1v) is 5.89. The Bertz CT molecular complexity index is 325. The number of nitrogens with one attached hydrogen (secondary N) is 1. The van der Waals surface area contributed by atoms with Gasteiger partial charge >= 0.3 is 0 Å². The third kappa shape index (κ3) is 3.97. The largest absolute Gasteiger partial charge is 0.393 e. The summed E-state index contributed by atoms with van der Waals surface area (Å²) in [7, 11) is 0. The number of hydrogen-bond acceptors (Lipinski definition) is 4. The molecule has 1 rings (SSSR count). The molecule has 0 radical (unpaired) electrons. The summed E-state index contributed by atoms with van der Waals surface area (Å²) in [6.07, 6.45) is 0.972. The van der Waals surface area contributed by atoms with Gasteiger partial charge in [0.2, 0.25) is 0 Å². The summed E-state index contributed by atoms with van der Waals surface area (Å²) in [6.45, 7) is 4.27. The molecule has 1 aromatic heterocycles. The lowest BCUT2D eigenvalue weighted by Gasteiger charge is -2.07. The second kappa shape index (κ2) is 5.82. The number of rotatable bonds is 5. The Morgan fingerprint density at radius 2 is 2.47 bits per heavy atom. The average Bonchev–Trinajstić information content (AvgIpc) is 2.64. The van der Waals surface area contributed by atoms with Crippen LogP contribution in [-0.4, -0.2) is 28.6 Å². The summed E-state index contributed by atoms with van der Waals surface area (Å²) in [5, 5.41) is 14.6. The number of thiazole rings is 1. The zero-order valence-electron chi connectivity index (χ0n) is 8.99.